The molecule has 0 radical (unpaired) electrons. The number of carbonyl (C=O) groups is 1. The van der Waals surface area contributed by atoms with E-state index in [0.29, 0.717) is 16.7 Å². The highest BCUT2D eigenvalue weighted by molar-refractivity contribution is 6.08. The molecule has 128 valence electrons. The van der Waals surface area contributed by atoms with Crippen molar-refractivity contribution in [3.05, 3.63) is 70.1 Å². The first kappa shape index (κ1) is 16.0. The number of aromatic nitrogens is 2. The van der Waals surface area contributed by atoms with Gasteiger partial charge >= 0.3 is 0 Å². The number of anilines is 1. The number of rotatable bonds is 2. The van der Waals surface area contributed by atoms with E-state index in [0.717, 1.165) is 0 Å². The maximum Gasteiger partial charge on any atom is 0.277 e. The lowest BCUT2D eigenvalue weighted by Crippen LogP contribution is -2.42. The van der Waals surface area contributed by atoms with E-state index in [9.17, 15) is 9.59 Å². The second-order valence-corrected chi connectivity index (χ2v) is 6.08. The van der Waals surface area contributed by atoms with Crippen molar-refractivity contribution in [3.8, 4) is 12.3 Å². The van der Waals surface area contributed by atoms with Gasteiger partial charge in [0.1, 0.15) is 0 Å². The van der Waals surface area contributed by atoms with E-state index in [1.165, 1.54) is 22.6 Å². The van der Waals surface area contributed by atoms with Crippen LogP contribution in [0.5, 0.6) is 0 Å². The van der Waals surface area contributed by atoms with Crippen LogP contribution in [0.2, 0.25) is 0 Å². The number of para-hydroxylation sites is 3. The lowest BCUT2D eigenvalue weighted by atomic mass is 9.93. The summed E-state index contributed by atoms with van der Waals surface area (Å²) in [5, 5.41) is 0. The van der Waals surface area contributed by atoms with Crippen LogP contribution in [0.25, 0.3) is 11.0 Å². The average Bonchev–Trinajstić information content (AvgIpc) is 2.86. The van der Waals surface area contributed by atoms with Crippen LogP contribution >= 0.6 is 0 Å². The van der Waals surface area contributed by atoms with Crippen LogP contribution in [-0.2, 0) is 17.0 Å². The smallest absolute Gasteiger partial charge is 0.277 e. The summed E-state index contributed by atoms with van der Waals surface area (Å²) in [6.07, 6.45) is 5.38. The van der Waals surface area contributed by atoms with Gasteiger partial charge in [0.2, 0.25) is 0 Å². The molecule has 2 aromatic carbocycles. The van der Waals surface area contributed by atoms with E-state index in [1.54, 1.807) is 42.5 Å². The first-order valence-corrected chi connectivity index (χ1v) is 8.00. The summed E-state index contributed by atoms with van der Waals surface area (Å²) in [5.41, 5.74) is -2.40. The minimum atomic E-state index is -2.65. The molecule has 0 aliphatic carbocycles. The van der Waals surface area contributed by atoms with Gasteiger partial charge in [-0.05, 0) is 18.2 Å². The highest BCUT2D eigenvalue weighted by Crippen LogP contribution is 2.45. The Morgan fingerprint density at radius 2 is 1.85 bits per heavy atom. The van der Waals surface area contributed by atoms with Crippen molar-refractivity contribution in [2.75, 3.05) is 11.9 Å². The second-order valence-electron chi connectivity index (χ2n) is 6.08. The number of hydrogen-bond acceptors (Lipinski definition) is 3. The normalized spacial score (nSPS) is 18.8. The third-order valence-electron chi connectivity index (χ3n) is 4.66. The number of hydrogen-bond donors (Lipinski definition) is 0. The third kappa shape index (κ3) is 1.94. The van der Waals surface area contributed by atoms with Crippen molar-refractivity contribution in [1.82, 2.24) is 9.55 Å². The maximum atomic E-state index is 16.2. The molecule has 1 aliphatic heterocycles. The number of terminal acetylenes is 1. The topological polar surface area (TPSA) is 55.2 Å². The van der Waals surface area contributed by atoms with Crippen LogP contribution in [0.3, 0.4) is 0 Å². The number of fused-ring (bicyclic) bond motifs is 2. The second kappa shape index (κ2) is 5.53. The molecule has 1 atom stereocenters. The molecule has 1 amide bonds. The summed E-state index contributed by atoms with van der Waals surface area (Å²) in [5.74, 6) is 1.56. The van der Waals surface area contributed by atoms with Gasteiger partial charge in [0.05, 0.1) is 23.3 Å². The van der Waals surface area contributed by atoms with Gasteiger partial charge in [0, 0.05) is 12.6 Å². The summed E-state index contributed by atoms with van der Waals surface area (Å²) in [7, 11) is 1.48. The van der Waals surface area contributed by atoms with E-state index in [2.05, 4.69) is 10.9 Å². The van der Waals surface area contributed by atoms with Crippen molar-refractivity contribution in [2.24, 2.45) is 0 Å². The summed E-state index contributed by atoms with van der Waals surface area (Å²) in [6.45, 7) is -0.0450. The van der Waals surface area contributed by atoms with Crippen LogP contribution in [0.15, 0.2) is 53.3 Å². The van der Waals surface area contributed by atoms with Gasteiger partial charge < -0.3 is 4.90 Å². The molecule has 4 rings (SSSR count). The Morgan fingerprint density at radius 1 is 1.15 bits per heavy atom. The van der Waals surface area contributed by atoms with Crippen LogP contribution < -0.4 is 10.5 Å². The van der Waals surface area contributed by atoms with E-state index in [-0.39, 0.29) is 12.1 Å². The zero-order chi connectivity index (χ0) is 18.5. The number of alkyl halides is 1. The minimum absolute atomic E-state index is 0.0450. The number of likely N-dealkylation sites (N-methyl/N-ethyl adjacent to an activating group) is 1. The van der Waals surface area contributed by atoms with E-state index in [1.807, 2.05) is 0 Å². The highest BCUT2D eigenvalue weighted by atomic mass is 19.1. The van der Waals surface area contributed by atoms with Crippen LogP contribution in [0.4, 0.5) is 10.1 Å². The fourth-order valence-electron chi connectivity index (χ4n) is 3.41. The van der Waals surface area contributed by atoms with E-state index < -0.39 is 22.8 Å². The van der Waals surface area contributed by atoms with Gasteiger partial charge in [0.25, 0.3) is 17.1 Å². The predicted molar refractivity (Wildman–Crippen MR) is 96.6 cm³/mol. The molecular formula is C20H14FN3O2. The maximum absolute atomic E-state index is 16.2. The van der Waals surface area contributed by atoms with Crippen LogP contribution in [0.1, 0.15) is 11.3 Å². The Hall–Kier alpha value is -3.46. The first-order chi connectivity index (χ1) is 12.5. The molecule has 26 heavy (non-hydrogen) atoms. The fraction of sp³-hybridized carbons (Fsp3) is 0.150. The van der Waals surface area contributed by atoms with Gasteiger partial charge in [0.15, 0.2) is 5.69 Å². The Balaban J connectivity index is 2.10. The van der Waals surface area contributed by atoms with E-state index >= 15 is 4.39 Å². The lowest BCUT2D eigenvalue weighted by Gasteiger charge is -2.20. The monoisotopic (exact) mass is 347 g/mol. The number of carbonyl (C=O) groups excluding carboxylic acids is 1. The number of benzene rings is 2. The Bertz CT molecular complexity index is 1160. The Labute approximate surface area is 148 Å². The molecule has 3 aromatic rings. The van der Waals surface area contributed by atoms with Crippen molar-refractivity contribution in [3.63, 3.8) is 0 Å². The lowest BCUT2D eigenvalue weighted by molar-refractivity contribution is -0.126. The van der Waals surface area contributed by atoms with Crippen molar-refractivity contribution in [1.29, 1.82) is 0 Å². The number of halogens is 1. The molecule has 1 aliphatic rings. The molecule has 0 fully saturated rings. The molecule has 2 heterocycles. The standard InChI is InChI=1S/C20H14FN3O2/c1-3-12-24-16-11-7-5-9-14(16)22-17(18(24)25)20(21)13-8-4-6-10-15(13)23(2)19(20)26/h1,4-11H,12H2,2H3. The van der Waals surface area contributed by atoms with Crippen LogP contribution in [0, 0.1) is 12.3 Å². The molecule has 1 unspecified atom stereocenters. The minimum Gasteiger partial charge on any atom is -0.312 e. The number of amides is 1. The van der Waals surface area contributed by atoms with Gasteiger partial charge in [-0.2, -0.15) is 0 Å². The van der Waals surface area contributed by atoms with Crippen molar-refractivity contribution in [2.45, 2.75) is 12.2 Å². The molecule has 1 aromatic heterocycles. The molecule has 0 bridgehead atoms. The Kier molecular flexibility index (Phi) is 3.41. The molecule has 5 nitrogen and oxygen atoms in total. The fourth-order valence-corrected chi connectivity index (χ4v) is 3.41. The molecular weight excluding hydrogens is 333 g/mol. The van der Waals surface area contributed by atoms with Crippen LogP contribution in [-0.4, -0.2) is 22.5 Å². The van der Waals surface area contributed by atoms with Gasteiger partial charge in [-0.1, -0.05) is 36.3 Å². The molecule has 0 N–H and O–H groups in total. The number of nitrogens with zero attached hydrogens (tertiary/aromatic N) is 3. The van der Waals surface area contributed by atoms with Crippen molar-refractivity contribution >= 4 is 22.6 Å². The zero-order valence-electron chi connectivity index (χ0n) is 13.9. The summed E-state index contributed by atoms with van der Waals surface area (Å²) in [4.78, 5) is 31.2. The molecule has 6 heteroatoms. The third-order valence-corrected chi connectivity index (χ3v) is 4.66. The molecule has 0 saturated heterocycles. The van der Waals surface area contributed by atoms with Gasteiger partial charge in [-0.15, -0.1) is 6.42 Å². The molecule has 0 spiro atoms. The summed E-state index contributed by atoms with van der Waals surface area (Å²) < 4.78 is 17.4. The van der Waals surface area contributed by atoms with Gasteiger partial charge in [-0.3, -0.25) is 14.2 Å². The van der Waals surface area contributed by atoms with E-state index in [4.69, 9.17) is 6.42 Å². The van der Waals surface area contributed by atoms with Gasteiger partial charge in [-0.25, -0.2) is 9.37 Å². The summed E-state index contributed by atoms with van der Waals surface area (Å²) in [6, 6.07) is 13.3. The quantitative estimate of drug-likeness (QED) is 0.668. The largest absolute Gasteiger partial charge is 0.312 e. The summed E-state index contributed by atoms with van der Waals surface area (Å²) >= 11 is 0. The predicted octanol–water partition coefficient (Wildman–Crippen LogP) is 2.22. The first-order valence-electron chi connectivity index (χ1n) is 8.00. The zero-order valence-corrected chi connectivity index (χ0v) is 13.9. The highest BCUT2D eigenvalue weighted by Gasteiger charge is 2.55. The Morgan fingerprint density at radius 3 is 2.62 bits per heavy atom. The molecule has 0 saturated carbocycles. The SMILES string of the molecule is C#CCn1c(=O)c(C2(F)C(=O)N(C)c3ccccc32)nc2ccccc21. The van der Waals surface area contributed by atoms with Crippen molar-refractivity contribution < 1.29 is 9.18 Å². The average molecular weight is 347 g/mol.